The third-order valence-corrected chi connectivity index (χ3v) is 5.76. The molecule has 3 rings (SSSR count). The van der Waals surface area contributed by atoms with Gasteiger partial charge in [-0.3, -0.25) is 14.3 Å². The summed E-state index contributed by atoms with van der Waals surface area (Å²) in [6, 6.07) is 9.51. The predicted molar refractivity (Wildman–Crippen MR) is 107 cm³/mol. The largest absolute Gasteiger partial charge is 0.319 e. The van der Waals surface area contributed by atoms with E-state index in [1.165, 1.54) is 48.7 Å². The van der Waals surface area contributed by atoms with Crippen LogP contribution in [0.2, 0.25) is 10.0 Å². The van der Waals surface area contributed by atoms with Gasteiger partial charge in [0.1, 0.15) is 5.69 Å². The van der Waals surface area contributed by atoms with Gasteiger partial charge in [0.25, 0.3) is 10.0 Å². The first-order chi connectivity index (χ1) is 13.2. The molecule has 28 heavy (non-hydrogen) atoms. The minimum absolute atomic E-state index is 0.0369. The molecule has 2 aromatic heterocycles. The van der Waals surface area contributed by atoms with E-state index in [0.717, 1.165) is 0 Å². The van der Waals surface area contributed by atoms with E-state index in [2.05, 4.69) is 14.7 Å². The molecule has 0 aliphatic rings. The van der Waals surface area contributed by atoms with Crippen molar-refractivity contribution in [3.63, 3.8) is 0 Å². The van der Waals surface area contributed by atoms with Crippen molar-refractivity contribution in [1.29, 1.82) is 0 Å². The van der Waals surface area contributed by atoms with Crippen LogP contribution in [0.5, 0.6) is 0 Å². The monoisotopic (exact) mass is 437 g/mol. The number of pyridine rings is 2. The van der Waals surface area contributed by atoms with E-state index in [1.807, 2.05) is 0 Å². The number of carbonyl (C=O) groups excluding carboxylic acids is 1. The SMILES string of the molecule is Cc1cc(S(=O)(=O)Nc2cc(Cl)cnc2C(=O)c2cccc(=O)[nH]2)ccc1Cl. The van der Waals surface area contributed by atoms with E-state index in [-0.39, 0.29) is 27.0 Å². The molecule has 0 fully saturated rings. The molecule has 3 aromatic rings. The number of rotatable bonds is 5. The Hall–Kier alpha value is -2.68. The maximum Gasteiger partial charge on any atom is 0.261 e. The highest BCUT2D eigenvalue weighted by Crippen LogP contribution is 2.25. The average molecular weight is 438 g/mol. The van der Waals surface area contributed by atoms with Gasteiger partial charge in [-0.15, -0.1) is 0 Å². The summed E-state index contributed by atoms with van der Waals surface area (Å²) < 4.78 is 27.8. The molecule has 0 aliphatic carbocycles. The first-order valence-corrected chi connectivity index (χ1v) is 10.1. The molecule has 0 amide bonds. The highest BCUT2D eigenvalue weighted by atomic mass is 35.5. The molecule has 0 saturated carbocycles. The fourth-order valence-electron chi connectivity index (χ4n) is 2.39. The van der Waals surface area contributed by atoms with Crippen LogP contribution in [-0.4, -0.2) is 24.2 Å². The van der Waals surface area contributed by atoms with Crippen molar-refractivity contribution in [2.24, 2.45) is 0 Å². The number of nitrogens with zero attached hydrogens (tertiary/aromatic N) is 1. The number of halogens is 2. The van der Waals surface area contributed by atoms with Crippen molar-refractivity contribution in [2.75, 3.05) is 4.72 Å². The molecule has 10 heteroatoms. The van der Waals surface area contributed by atoms with Gasteiger partial charge in [0.2, 0.25) is 11.3 Å². The second-order valence-electron chi connectivity index (χ2n) is 5.82. The van der Waals surface area contributed by atoms with Crippen LogP contribution in [0.4, 0.5) is 5.69 Å². The highest BCUT2D eigenvalue weighted by molar-refractivity contribution is 7.92. The summed E-state index contributed by atoms with van der Waals surface area (Å²) in [7, 11) is -4.05. The van der Waals surface area contributed by atoms with Crippen molar-refractivity contribution in [3.8, 4) is 0 Å². The van der Waals surface area contributed by atoms with E-state index in [1.54, 1.807) is 6.92 Å². The summed E-state index contributed by atoms with van der Waals surface area (Å²) in [5, 5.41) is 0.551. The molecule has 144 valence electrons. The lowest BCUT2D eigenvalue weighted by Crippen LogP contribution is -2.19. The number of hydrogen-bond acceptors (Lipinski definition) is 5. The zero-order valence-corrected chi connectivity index (χ0v) is 16.7. The van der Waals surface area contributed by atoms with Crippen LogP contribution in [0, 0.1) is 6.92 Å². The smallest absolute Gasteiger partial charge is 0.261 e. The third-order valence-electron chi connectivity index (χ3n) is 3.77. The number of aromatic amines is 1. The number of ketones is 1. The molecular formula is C18H13Cl2N3O4S. The second kappa shape index (κ2) is 7.75. The minimum atomic E-state index is -4.05. The van der Waals surface area contributed by atoms with Crippen LogP contribution in [0.15, 0.2) is 58.4 Å². The lowest BCUT2D eigenvalue weighted by Gasteiger charge is -2.12. The Bertz CT molecular complexity index is 1240. The average Bonchev–Trinajstić information content (AvgIpc) is 2.63. The Morgan fingerprint density at radius 1 is 1.14 bits per heavy atom. The van der Waals surface area contributed by atoms with Gasteiger partial charge in [0.15, 0.2) is 0 Å². The standard InChI is InChI=1S/C18H13Cl2N3O4S/c1-10-7-12(5-6-13(10)20)28(26,27)23-15-8-11(19)9-21-17(15)18(25)14-3-2-4-16(24)22-14/h2-9,23H,1H3,(H,22,24). The third kappa shape index (κ3) is 4.24. The maximum atomic E-state index is 12.7. The zero-order valence-electron chi connectivity index (χ0n) is 14.4. The topological polar surface area (TPSA) is 109 Å². The van der Waals surface area contributed by atoms with Gasteiger partial charge >= 0.3 is 0 Å². The first-order valence-electron chi connectivity index (χ1n) is 7.86. The quantitative estimate of drug-likeness (QED) is 0.594. The van der Waals surface area contributed by atoms with E-state index in [9.17, 15) is 18.0 Å². The highest BCUT2D eigenvalue weighted by Gasteiger charge is 2.22. The molecule has 0 aliphatic heterocycles. The Kier molecular flexibility index (Phi) is 5.55. The summed E-state index contributed by atoms with van der Waals surface area (Å²) in [5.41, 5.74) is -0.258. The summed E-state index contributed by atoms with van der Waals surface area (Å²) in [4.78, 5) is 30.5. The fraction of sp³-hybridized carbons (Fsp3) is 0.0556. The van der Waals surface area contributed by atoms with E-state index < -0.39 is 21.4 Å². The molecular weight excluding hydrogens is 425 g/mol. The van der Waals surface area contributed by atoms with Crippen LogP contribution in [0.25, 0.3) is 0 Å². The van der Waals surface area contributed by atoms with E-state index in [4.69, 9.17) is 23.2 Å². The molecule has 7 nitrogen and oxygen atoms in total. The molecule has 0 atom stereocenters. The molecule has 0 bridgehead atoms. The molecule has 0 radical (unpaired) electrons. The lowest BCUT2D eigenvalue weighted by molar-refractivity contribution is 0.103. The molecule has 1 aromatic carbocycles. The Labute approximate surface area is 170 Å². The number of sulfonamides is 1. The van der Waals surface area contributed by atoms with Crippen LogP contribution in [-0.2, 0) is 10.0 Å². The summed E-state index contributed by atoms with van der Waals surface area (Å²) >= 11 is 11.9. The molecule has 0 spiro atoms. The van der Waals surface area contributed by atoms with E-state index >= 15 is 0 Å². The number of aryl methyl sites for hydroxylation is 1. The van der Waals surface area contributed by atoms with Crippen molar-refractivity contribution in [2.45, 2.75) is 11.8 Å². The van der Waals surface area contributed by atoms with Crippen LogP contribution in [0.3, 0.4) is 0 Å². The Morgan fingerprint density at radius 3 is 2.57 bits per heavy atom. The van der Waals surface area contributed by atoms with Crippen molar-refractivity contribution in [3.05, 3.63) is 86.0 Å². The Balaban J connectivity index is 2.04. The van der Waals surface area contributed by atoms with E-state index in [0.29, 0.717) is 10.6 Å². The van der Waals surface area contributed by atoms with Crippen LogP contribution >= 0.6 is 23.2 Å². The Morgan fingerprint density at radius 2 is 1.89 bits per heavy atom. The summed E-state index contributed by atoms with van der Waals surface area (Å²) in [5.74, 6) is -0.667. The molecule has 0 unspecified atom stereocenters. The number of hydrogen-bond donors (Lipinski definition) is 2. The number of carbonyl (C=O) groups is 1. The van der Waals surface area contributed by atoms with Crippen LogP contribution < -0.4 is 10.3 Å². The lowest BCUT2D eigenvalue weighted by atomic mass is 10.1. The number of benzene rings is 1. The fourth-order valence-corrected chi connectivity index (χ4v) is 3.81. The van der Waals surface area contributed by atoms with Crippen molar-refractivity contribution >= 4 is 44.7 Å². The molecule has 0 saturated heterocycles. The van der Waals surface area contributed by atoms with Gasteiger partial charge < -0.3 is 4.98 Å². The normalized spacial score (nSPS) is 11.2. The first kappa shape index (κ1) is 20.1. The van der Waals surface area contributed by atoms with Crippen molar-refractivity contribution < 1.29 is 13.2 Å². The van der Waals surface area contributed by atoms with Gasteiger partial charge in [0.05, 0.1) is 21.3 Å². The van der Waals surface area contributed by atoms with Gasteiger partial charge in [-0.1, -0.05) is 29.3 Å². The maximum absolute atomic E-state index is 12.7. The minimum Gasteiger partial charge on any atom is -0.319 e. The van der Waals surface area contributed by atoms with Crippen LogP contribution in [0.1, 0.15) is 21.7 Å². The number of anilines is 1. The van der Waals surface area contributed by atoms with Crippen molar-refractivity contribution in [1.82, 2.24) is 9.97 Å². The number of H-pyrrole nitrogens is 1. The van der Waals surface area contributed by atoms with Gasteiger partial charge in [-0.2, -0.15) is 0 Å². The molecule has 2 heterocycles. The van der Waals surface area contributed by atoms with Gasteiger partial charge in [0, 0.05) is 17.3 Å². The summed E-state index contributed by atoms with van der Waals surface area (Å²) in [6.45, 7) is 1.67. The zero-order chi connectivity index (χ0) is 20.5. The second-order valence-corrected chi connectivity index (χ2v) is 8.35. The number of aromatic nitrogens is 2. The number of nitrogens with one attached hydrogen (secondary N) is 2. The molecule has 2 N–H and O–H groups in total. The predicted octanol–water partition coefficient (Wildman–Crippen LogP) is 3.42. The summed E-state index contributed by atoms with van der Waals surface area (Å²) in [6.07, 6.45) is 1.21. The van der Waals surface area contributed by atoms with Gasteiger partial charge in [-0.05, 0) is 42.8 Å². The van der Waals surface area contributed by atoms with Gasteiger partial charge in [-0.25, -0.2) is 13.4 Å².